The van der Waals surface area contributed by atoms with Crippen LogP contribution in [-0.2, 0) is 17.1 Å². The number of allylic oxidation sites excluding steroid dienone is 1. The van der Waals surface area contributed by atoms with E-state index in [1.54, 1.807) is 4.68 Å². The van der Waals surface area contributed by atoms with Crippen molar-refractivity contribution in [1.29, 1.82) is 0 Å². The third-order valence-electron chi connectivity index (χ3n) is 6.75. The number of anilines is 1. The fraction of sp³-hybridized carbons (Fsp3) is 0.458. The zero-order valence-electron chi connectivity index (χ0n) is 20.3. The molecule has 3 aromatic heterocycles. The van der Waals surface area contributed by atoms with Crippen LogP contribution in [0.2, 0.25) is 0 Å². The second-order valence-electron chi connectivity index (χ2n) is 9.75. The Kier molecular flexibility index (Phi) is 6.14. The van der Waals surface area contributed by atoms with Gasteiger partial charge in [0.25, 0.3) is 0 Å². The summed E-state index contributed by atoms with van der Waals surface area (Å²) in [4.78, 5) is 9.61. The molecule has 2 atom stereocenters. The van der Waals surface area contributed by atoms with E-state index in [1.165, 1.54) is 11.8 Å². The van der Waals surface area contributed by atoms with Crippen LogP contribution in [0.5, 0.6) is 0 Å². The van der Waals surface area contributed by atoms with E-state index in [2.05, 4.69) is 31.5 Å². The Balaban J connectivity index is 1.33. The second kappa shape index (κ2) is 9.33. The van der Waals surface area contributed by atoms with E-state index in [9.17, 15) is 8.42 Å². The van der Waals surface area contributed by atoms with Gasteiger partial charge in [-0.05, 0) is 43.4 Å². The largest absolute Gasteiger partial charge is 0.332 e. The number of fused-ring (bicyclic) bond motifs is 1. The molecule has 0 saturated heterocycles. The molecule has 2 unspecified atom stereocenters. The number of imidazole rings is 1. The Morgan fingerprint density at radius 2 is 2.11 bits per heavy atom. The van der Waals surface area contributed by atoms with Crippen molar-refractivity contribution in [3.05, 3.63) is 47.7 Å². The van der Waals surface area contributed by atoms with Crippen molar-refractivity contribution >= 4 is 38.8 Å². The van der Waals surface area contributed by atoms with Crippen molar-refractivity contribution in [3.63, 3.8) is 0 Å². The van der Waals surface area contributed by atoms with Gasteiger partial charge < -0.3 is 10.6 Å². The van der Waals surface area contributed by atoms with Crippen LogP contribution in [0.25, 0.3) is 22.5 Å². The molecule has 6 rings (SSSR count). The van der Waals surface area contributed by atoms with Crippen LogP contribution in [0.4, 0.5) is 5.82 Å². The Morgan fingerprint density at radius 3 is 2.83 bits per heavy atom. The van der Waals surface area contributed by atoms with Crippen molar-refractivity contribution in [1.82, 2.24) is 34.2 Å². The Hall–Kier alpha value is -2.67. The van der Waals surface area contributed by atoms with Gasteiger partial charge in [0, 0.05) is 44.0 Å². The fourth-order valence-corrected chi connectivity index (χ4v) is 7.88. The number of nitrogens with zero attached hydrogens (tertiary/aromatic N) is 5. The summed E-state index contributed by atoms with van der Waals surface area (Å²) >= 11 is 1.33. The van der Waals surface area contributed by atoms with Gasteiger partial charge in [0.05, 0.1) is 28.8 Å². The number of aryl methyl sites for hydroxylation is 1. The molecule has 0 amide bonds. The highest BCUT2D eigenvalue weighted by Crippen LogP contribution is 2.40. The number of aromatic nitrogens is 5. The quantitative estimate of drug-likeness (QED) is 0.410. The molecule has 0 spiro atoms. The minimum Gasteiger partial charge on any atom is -0.332 e. The molecule has 1 saturated carbocycles. The zero-order valence-corrected chi connectivity index (χ0v) is 21.9. The highest BCUT2D eigenvalue weighted by atomic mass is 32.3. The number of thioether (sulfide) groups is 1. The van der Waals surface area contributed by atoms with Gasteiger partial charge in [-0.1, -0.05) is 24.8 Å². The summed E-state index contributed by atoms with van der Waals surface area (Å²) in [7, 11) is -1.54. The first-order valence-corrected chi connectivity index (χ1v) is 14.7. The third-order valence-corrected chi connectivity index (χ3v) is 10.6. The van der Waals surface area contributed by atoms with Gasteiger partial charge in [-0.2, -0.15) is 5.10 Å². The summed E-state index contributed by atoms with van der Waals surface area (Å²) in [5.41, 5.74) is 4.53. The molecular weight excluding hydrogens is 496 g/mol. The molecule has 2 aliphatic heterocycles. The van der Waals surface area contributed by atoms with Crippen molar-refractivity contribution in [2.24, 2.45) is 18.9 Å². The van der Waals surface area contributed by atoms with Gasteiger partial charge in [-0.3, -0.25) is 9.08 Å². The third kappa shape index (κ3) is 4.70. The smallest absolute Gasteiger partial charge is 0.224 e. The van der Waals surface area contributed by atoms with Crippen LogP contribution < -0.4 is 15.4 Å². The van der Waals surface area contributed by atoms with E-state index in [-0.39, 0.29) is 5.92 Å². The molecule has 3 aliphatic rings. The Labute approximate surface area is 214 Å². The average molecular weight is 527 g/mol. The van der Waals surface area contributed by atoms with E-state index >= 15 is 0 Å². The second-order valence-corrected chi connectivity index (χ2v) is 13.1. The molecule has 0 bridgehead atoms. The standard InChI is InChI=1S/C24H30N8O2S2/c1-15-8-21(35-24(15)36(33,34)28-9-16-5-6-16)30-22-23-26-12-20(18-11-27-31(2)13-18)32(23)14-19(29-22)17-4-3-7-25-10-17/h4,8,11-16,24-25,28H,3,5-7,9-10H2,1-2H3,(H,29,30). The molecule has 36 heavy (non-hydrogen) atoms. The minimum absolute atomic E-state index is 0.135. The number of sulfonamides is 1. The lowest BCUT2D eigenvalue weighted by molar-refractivity contribution is 0.565. The first-order chi connectivity index (χ1) is 17.4. The Morgan fingerprint density at radius 1 is 1.25 bits per heavy atom. The summed E-state index contributed by atoms with van der Waals surface area (Å²) in [6, 6.07) is 0. The van der Waals surface area contributed by atoms with E-state index in [1.807, 2.05) is 49.2 Å². The van der Waals surface area contributed by atoms with Crippen LogP contribution in [0.15, 0.2) is 42.0 Å². The maximum absolute atomic E-state index is 13.0. The average Bonchev–Trinajstić information content (AvgIpc) is 3.23. The SMILES string of the molecule is CC1C=C(Nc2nc(C3=CCCNC3)cn3c(-c4cnn(C)c4)cnc23)SC1S(=O)(=O)NCC1CC1. The van der Waals surface area contributed by atoms with Crippen molar-refractivity contribution in [3.8, 4) is 11.3 Å². The maximum atomic E-state index is 13.0. The topological polar surface area (TPSA) is 118 Å². The van der Waals surface area contributed by atoms with E-state index in [4.69, 9.17) is 4.98 Å². The highest BCUT2D eigenvalue weighted by molar-refractivity contribution is 8.15. The molecule has 190 valence electrons. The van der Waals surface area contributed by atoms with Crippen molar-refractivity contribution in [2.45, 2.75) is 30.8 Å². The monoisotopic (exact) mass is 526 g/mol. The first kappa shape index (κ1) is 23.7. The van der Waals surface area contributed by atoms with E-state index < -0.39 is 14.6 Å². The predicted octanol–water partition coefficient (Wildman–Crippen LogP) is 2.80. The maximum Gasteiger partial charge on any atom is 0.224 e. The lowest BCUT2D eigenvalue weighted by Crippen LogP contribution is -2.35. The van der Waals surface area contributed by atoms with E-state index in [0.29, 0.717) is 23.9 Å². The summed E-state index contributed by atoms with van der Waals surface area (Å²) in [5.74, 6) is 0.957. The lowest BCUT2D eigenvalue weighted by atomic mass is 10.1. The molecule has 1 aliphatic carbocycles. The molecule has 3 N–H and O–H groups in total. The van der Waals surface area contributed by atoms with Crippen LogP contribution >= 0.6 is 11.8 Å². The predicted molar refractivity (Wildman–Crippen MR) is 143 cm³/mol. The van der Waals surface area contributed by atoms with Gasteiger partial charge >= 0.3 is 0 Å². The lowest BCUT2D eigenvalue weighted by Gasteiger charge is -2.17. The van der Waals surface area contributed by atoms with Gasteiger partial charge in [0.2, 0.25) is 10.0 Å². The fourth-order valence-electron chi connectivity index (χ4n) is 4.59. The van der Waals surface area contributed by atoms with Gasteiger partial charge in [-0.15, -0.1) is 0 Å². The summed E-state index contributed by atoms with van der Waals surface area (Å²) < 4.78 is 32.0. The minimum atomic E-state index is -3.43. The number of hydrogen-bond acceptors (Lipinski definition) is 8. The highest BCUT2D eigenvalue weighted by Gasteiger charge is 2.37. The number of nitrogens with one attached hydrogen (secondary N) is 3. The normalized spacial score (nSPS) is 22.6. The molecule has 1 fully saturated rings. The van der Waals surface area contributed by atoms with Crippen LogP contribution in [0.3, 0.4) is 0 Å². The van der Waals surface area contributed by atoms with Crippen LogP contribution in [-0.4, -0.2) is 56.8 Å². The first-order valence-electron chi connectivity index (χ1n) is 12.3. The van der Waals surface area contributed by atoms with E-state index in [0.717, 1.165) is 59.9 Å². The molecule has 0 radical (unpaired) electrons. The molecule has 12 heteroatoms. The van der Waals surface area contributed by atoms with Gasteiger partial charge in [0.15, 0.2) is 11.5 Å². The molecule has 0 aromatic carbocycles. The summed E-state index contributed by atoms with van der Waals surface area (Å²) in [6.07, 6.45) is 15.0. The van der Waals surface area contributed by atoms with Crippen molar-refractivity contribution in [2.75, 3.05) is 25.0 Å². The summed E-state index contributed by atoms with van der Waals surface area (Å²) in [6.45, 7) is 4.18. The molecule has 10 nitrogen and oxygen atoms in total. The van der Waals surface area contributed by atoms with Crippen molar-refractivity contribution < 1.29 is 8.42 Å². The van der Waals surface area contributed by atoms with Crippen LogP contribution in [0.1, 0.15) is 31.9 Å². The Bertz CT molecular complexity index is 1470. The zero-order chi connectivity index (χ0) is 24.9. The molecule has 5 heterocycles. The van der Waals surface area contributed by atoms with Gasteiger partial charge in [-0.25, -0.2) is 23.1 Å². The van der Waals surface area contributed by atoms with Gasteiger partial charge in [0.1, 0.15) is 4.58 Å². The molecular formula is C24H30N8O2S2. The number of hydrogen-bond donors (Lipinski definition) is 3. The molecule has 3 aromatic rings. The van der Waals surface area contributed by atoms with Crippen LogP contribution in [0, 0.1) is 11.8 Å². The summed E-state index contributed by atoms with van der Waals surface area (Å²) in [5, 5.41) is 11.9. The number of rotatable bonds is 8.